The second kappa shape index (κ2) is 7.54. The van der Waals surface area contributed by atoms with Gasteiger partial charge in [-0.15, -0.1) is 0 Å². The molecule has 0 aromatic carbocycles. The first-order valence-corrected chi connectivity index (χ1v) is 7.91. The van der Waals surface area contributed by atoms with Gasteiger partial charge in [-0.2, -0.15) is 0 Å². The molecule has 0 spiro atoms. The molecule has 2 rings (SSSR count). The van der Waals surface area contributed by atoms with Gasteiger partial charge in [-0.05, 0) is 52.6 Å². The lowest BCUT2D eigenvalue weighted by molar-refractivity contribution is 0.0220. The summed E-state index contributed by atoms with van der Waals surface area (Å²) in [6.07, 6.45) is 6.14. The molecule has 0 aliphatic carbocycles. The van der Waals surface area contributed by atoms with Gasteiger partial charge in [0.2, 0.25) is 0 Å². The van der Waals surface area contributed by atoms with Crippen molar-refractivity contribution in [3.8, 4) is 0 Å². The molecule has 122 valence electrons. The number of carbonyl (C=O) groups excluding carboxylic acids is 1. The van der Waals surface area contributed by atoms with Gasteiger partial charge in [0.05, 0.1) is 5.69 Å². The highest BCUT2D eigenvalue weighted by molar-refractivity contribution is 5.68. The highest BCUT2D eigenvalue weighted by atomic mass is 16.6. The van der Waals surface area contributed by atoms with Crippen LogP contribution in [0.2, 0.25) is 0 Å². The molecule has 0 bridgehead atoms. The van der Waals surface area contributed by atoms with Crippen molar-refractivity contribution in [1.82, 2.24) is 20.2 Å². The van der Waals surface area contributed by atoms with E-state index >= 15 is 0 Å². The highest BCUT2D eigenvalue weighted by Gasteiger charge is 2.31. The molecule has 1 N–H and O–H groups in total. The monoisotopic (exact) mass is 306 g/mol. The molecule has 6 heteroatoms. The fraction of sp³-hybridized carbons (Fsp3) is 0.688. The Kier molecular flexibility index (Phi) is 5.71. The fourth-order valence-corrected chi connectivity index (χ4v) is 2.60. The number of hydrogen-bond acceptors (Lipinski definition) is 5. The summed E-state index contributed by atoms with van der Waals surface area (Å²) >= 11 is 0. The van der Waals surface area contributed by atoms with Gasteiger partial charge < -0.3 is 15.0 Å². The summed E-state index contributed by atoms with van der Waals surface area (Å²) in [4.78, 5) is 22.1. The molecule has 1 unspecified atom stereocenters. The molecule has 1 aliphatic rings. The van der Waals surface area contributed by atoms with Crippen molar-refractivity contribution in [2.75, 3.05) is 13.1 Å². The summed E-state index contributed by atoms with van der Waals surface area (Å²) < 4.78 is 5.48. The topological polar surface area (TPSA) is 67.3 Å². The lowest BCUT2D eigenvalue weighted by atomic mass is 10.1. The van der Waals surface area contributed by atoms with E-state index in [9.17, 15) is 4.79 Å². The summed E-state index contributed by atoms with van der Waals surface area (Å²) in [7, 11) is 0. The van der Waals surface area contributed by atoms with Crippen molar-refractivity contribution in [2.24, 2.45) is 0 Å². The van der Waals surface area contributed by atoms with E-state index in [-0.39, 0.29) is 12.1 Å². The third-order valence-electron chi connectivity index (χ3n) is 3.61. The Morgan fingerprint density at radius 1 is 1.50 bits per heavy atom. The first-order valence-electron chi connectivity index (χ1n) is 7.91. The minimum absolute atomic E-state index is 0.189. The molecule has 22 heavy (non-hydrogen) atoms. The number of likely N-dealkylation sites (tertiary alicyclic amines) is 1. The number of nitrogens with one attached hydrogen (secondary N) is 1. The van der Waals surface area contributed by atoms with Crippen molar-refractivity contribution in [3.05, 3.63) is 24.3 Å². The van der Waals surface area contributed by atoms with Crippen LogP contribution in [0.3, 0.4) is 0 Å². The smallest absolute Gasteiger partial charge is 0.410 e. The maximum atomic E-state index is 12.2. The van der Waals surface area contributed by atoms with E-state index in [4.69, 9.17) is 4.74 Å². The average molecular weight is 306 g/mol. The number of rotatable bonds is 5. The minimum Gasteiger partial charge on any atom is -0.444 e. The number of nitrogens with zero attached hydrogens (tertiary/aromatic N) is 3. The van der Waals surface area contributed by atoms with Gasteiger partial charge in [0.1, 0.15) is 11.9 Å². The first-order chi connectivity index (χ1) is 10.5. The molecule has 1 aromatic rings. The molecule has 2 heterocycles. The average Bonchev–Trinajstić information content (AvgIpc) is 2.91. The van der Waals surface area contributed by atoms with Crippen LogP contribution in [0, 0.1) is 0 Å². The van der Waals surface area contributed by atoms with E-state index in [0.29, 0.717) is 0 Å². The third kappa shape index (κ3) is 5.26. The maximum Gasteiger partial charge on any atom is 0.410 e. The van der Waals surface area contributed by atoms with Crippen LogP contribution in [0.5, 0.6) is 0 Å². The number of aromatic nitrogens is 2. The van der Waals surface area contributed by atoms with Crippen LogP contribution in [0.15, 0.2) is 18.6 Å². The number of ether oxygens (including phenoxy) is 1. The number of hydrogen-bond donors (Lipinski definition) is 1. The van der Waals surface area contributed by atoms with E-state index in [1.54, 1.807) is 12.5 Å². The van der Waals surface area contributed by atoms with Gasteiger partial charge in [0.25, 0.3) is 0 Å². The molecule has 6 nitrogen and oxygen atoms in total. The van der Waals surface area contributed by atoms with Crippen molar-refractivity contribution < 1.29 is 9.53 Å². The van der Waals surface area contributed by atoms with Gasteiger partial charge in [-0.1, -0.05) is 0 Å². The lowest BCUT2D eigenvalue weighted by Gasteiger charge is -2.28. The molecule has 1 saturated heterocycles. The van der Waals surface area contributed by atoms with Crippen LogP contribution in [0.4, 0.5) is 4.79 Å². The minimum atomic E-state index is -0.435. The molecule has 1 aliphatic heterocycles. The first kappa shape index (κ1) is 16.7. The molecular formula is C16H26N4O2. The molecule has 1 amide bonds. The Balaban J connectivity index is 1.73. The number of carbonyl (C=O) groups is 1. The molecule has 1 aromatic heterocycles. The van der Waals surface area contributed by atoms with E-state index in [0.717, 1.165) is 44.6 Å². The van der Waals surface area contributed by atoms with Crippen molar-refractivity contribution in [2.45, 2.75) is 58.2 Å². The second-order valence-electron chi connectivity index (χ2n) is 6.64. The summed E-state index contributed by atoms with van der Waals surface area (Å²) in [5, 5.41) is 3.37. The Bertz CT molecular complexity index is 473. The van der Waals surface area contributed by atoms with Crippen molar-refractivity contribution >= 4 is 6.09 Å². The molecule has 0 radical (unpaired) electrons. The van der Waals surface area contributed by atoms with Crippen molar-refractivity contribution in [1.29, 1.82) is 0 Å². The van der Waals surface area contributed by atoms with Crippen LogP contribution >= 0.6 is 0 Å². The van der Waals surface area contributed by atoms with Crippen LogP contribution in [0.25, 0.3) is 0 Å². The van der Waals surface area contributed by atoms with Gasteiger partial charge >= 0.3 is 6.09 Å². The Hall–Kier alpha value is -1.69. The van der Waals surface area contributed by atoms with E-state index in [1.165, 1.54) is 0 Å². The second-order valence-corrected chi connectivity index (χ2v) is 6.64. The van der Waals surface area contributed by atoms with Crippen molar-refractivity contribution in [3.63, 3.8) is 0 Å². The maximum absolute atomic E-state index is 12.2. The SMILES string of the molecule is CC(C)(C)OC(=O)N1CCCC1CCNCc1ccncn1. The van der Waals surface area contributed by atoms with Gasteiger partial charge in [0, 0.05) is 25.3 Å². The van der Waals surface area contributed by atoms with Gasteiger partial charge in [-0.25, -0.2) is 14.8 Å². The van der Waals surface area contributed by atoms with Gasteiger partial charge in [-0.3, -0.25) is 0 Å². The Morgan fingerprint density at radius 2 is 2.32 bits per heavy atom. The lowest BCUT2D eigenvalue weighted by Crippen LogP contribution is -2.40. The molecule has 1 atom stereocenters. The van der Waals surface area contributed by atoms with Crippen LogP contribution in [0.1, 0.15) is 45.7 Å². The predicted molar refractivity (Wildman–Crippen MR) is 84.3 cm³/mol. The zero-order valence-electron chi connectivity index (χ0n) is 13.7. The van der Waals surface area contributed by atoms with E-state index in [1.807, 2.05) is 31.7 Å². The van der Waals surface area contributed by atoms with E-state index < -0.39 is 5.60 Å². The van der Waals surface area contributed by atoms with Crippen LogP contribution in [-0.4, -0.2) is 45.7 Å². The fourth-order valence-electron chi connectivity index (χ4n) is 2.60. The highest BCUT2D eigenvalue weighted by Crippen LogP contribution is 2.22. The predicted octanol–water partition coefficient (Wildman–Crippen LogP) is 2.36. The Morgan fingerprint density at radius 3 is 3.00 bits per heavy atom. The third-order valence-corrected chi connectivity index (χ3v) is 3.61. The number of amides is 1. The zero-order chi connectivity index (χ0) is 16.0. The molecule has 0 saturated carbocycles. The standard InChI is InChI=1S/C16H26N4O2/c1-16(2,3)22-15(21)20-10-4-5-14(20)7-9-17-11-13-6-8-18-12-19-13/h6,8,12,14,17H,4-5,7,9-11H2,1-3H3. The Labute approximate surface area is 132 Å². The largest absolute Gasteiger partial charge is 0.444 e. The normalized spacial score (nSPS) is 18.5. The summed E-state index contributed by atoms with van der Waals surface area (Å²) in [6.45, 7) is 8.08. The molecule has 1 fully saturated rings. The quantitative estimate of drug-likeness (QED) is 0.846. The van der Waals surface area contributed by atoms with Gasteiger partial charge in [0.15, 0.2) is 0 Å². The molecular weight excluding hydrogens is 280 g/mol. The van der Waals surface area contributed by atoms with E-state index in [2.05, 4.69) is 15.3 Å². The van der Waals surface area contributed by atoms with Crippen LogP contribution in [-0.2, 0) is 11.3 Å². The summed E-state index contributed by atoms with van der Waals surface area (Å²) in [6, 6.07) is 2.17. The zero-order valence-corrected chi connectivity index (χ0v) is 13.7. The summed E-state index contributed by atoms with van der Waals surface area (Å²) in [5.74, 6) is 0. The van der Waals surface area contributed by atoms with Crippen LogP contribution < -0.4 is 5.32 Å². The summed E-state index contributed by atoms with van der Waals surface area (Å²) in [5.41, 5.74) is 0.542.